The Labute approximate surface area is 231 Å². The minimum atomic E-state index is -0.377. The Bertz CT molecular complexity index is 1420. The van der Waals surface area contributed by atoms with Crippen LogP contribution in [0.2, 0.25) is 0 Å². The molecule has 1 heterocycles. The molecule has 4 aliphatic rings. The highest BCUT2D eigenvalue weighted by Crippen LogP contribution is 2.60. The van der Waals surface area contributed by atoms with Gasteiger partial charge >= 0.3 is 0 Å². The predicted molar refractivity (Wildman–Crippen MR) is 154 cm³/mol. The first kappa shape index (κ1) is 25.5. The summed E-state index contributed by atoms with van der Waals surface area (Å²) in [4.78, 5) is 12.8. The molecule has 4 aliphatic carbocycles. The summed E-state index contributed by atoms with van der Waals surface area (Å²) in [7, 11) is 1.62. The van der Waals surface area contributed by atoms with Crippen molar-refractivity contribution in [2.24, 2.45) is 17.8 Å². The molecule has 2 aromatic carbocycles. The summed E-state index contributed by atoms with van der Waals surface area (Å²) in [6.45, 7) is 4.47. The molecule has 0 spiro atoms. The van der Waals surface area contributed by atoms with Crippen LogP contribution in [-0.4, -0.2) is 17.6 Å². The van der Waals surface area contributed by atoms with Crippen molar-refractivity contribution < 1.29 is 9.53 Å². The first-order valence-electron chi connectivity index (χ1n) is 14.2. The normalized spacial score (nSPS) is 25.4. The number of amides is 1. The molecule has 0 aliphatic heterocycles. The van der Waals surface area contributed by atoms with Gasteiger partial charge in [0.15, 0.2) is 0 Å². The summed E-state index contributed by atoms with van der Waals surface area (Å²) in [5, 5.41) is 12.6. The number of hydrogen-bond acceptors (Lipinski definition) is 3. The quantitative estimate of drug-likeness (QED) is 0.276. The van der Waals surface area contributed by atoms with Gasteiger partial charge in [0, 0.05) is 23.6 Å². The number of aromatic nitrogens is 1. The van der Waals surface area contributed by atoms with E-state index in [1.165, 1.54) is 44.1 Å². The number of methoxy groups -OCH3 is 1. The first-order chi connectivity index (χ1) is 18.9. The maximum Gasteiger partial charge on any atom is 0.262 e. The van der Waals surface area contributed by atoms with Gasteiger partial charge in [-0.2, -0.15) is 5.26 Å². The fraction of sp³-hybridized carbons (Fsp3) is 0.412. The van der Waals surface area contributed by atoms with Crippen LogP contribution in [-0.2, 0) is 16.8 Å². The molecule has 0 atom stereocenters. The molecular formula is C34H37N3O2. The maximum atomic E-state index is 12.8. The molecule has 1 N–H and O–H groups in total. The Balaban J connectivity index is 1.19. The second kappa shape index (κ2) is 10.1. The van der Waals surface area contributed by atoms with Gasteiger partial charge in [-0.25, -0.2) is 0 Å². The van der Waals surface area contributed by atoms with Crippen molar-refractivity contribution in [2.45, 2.75) is 64.3 Å². The fourth-order valence-electron chi connectivity index (χ4n) is 8.08. The molecule has 1 aromatic heterocycles. The van der Waals surface area contributed by atoms with Gasteiger partial charge in [0.1, 0.15) is 17.4 Å². The molecule has 4 bridgehead atoms. The average molecular weight is 520 g/mol. The van der Waals surface area contributed by atoms with Crippen molar-refractivity contribution in [3.63, 3.8) is 0 Å². The molecule has 200 valence electrons. The molecule has 0 unspecified atom stereocenters. The SMILES string of the molecule is COc1ccc(CNC(=O)/C(C#N)=C\c2cc(C)n(-c3ccc(C45CC6CC(CC(C6)C4)C5)cc3)c2C)cc1. The molecule has 5 nitrogen and oxygen atoms in total. The van der Waals surface area contributed by atoms with Crippen LogP contribution in [0.3, 0.4) is 0 Å². The van der Waals surface area contributed by atoms with Gasteiger partial charge in [0.2, 0.25) is 0 Å². The number of carbonyl (C=O) groups is 1. The predicted octanol–water partition coefficient (Wildman–Crippen LogP) is 6.79. The number of nitriles is 1. The van der Waals surface area contributed by atoms with E-state index >= 15 is 0 Å². The largest absolute Gasteiger partial charge is 0.497 e. The zero-order valence-electron chi connectivity index (χ0n) is 23.2. The van der Waals surface area contributed by atoms with E-state index in [9.17, 15) is 10.1 Å². The van der Waals surface area contributed by atoms with Crippen LogP contribution in [0.1, 0.15) is 66.6 Å². The number of benzene rings is 2. The van der Waals surface area contributed by atoms with Crippen molar-refractivity contribution in [1.82, 2.24) is 9.88 Å². The van der Waals surface area contributed by atoms with E-state index in [4.69, 9.17) is 4.74 Å². The summed E-state index contributed by atoms with van der Waals surface area (Å²) in [5.41, 5.74) is 7.06. The van der Waals surface area contributed by atoms with E-state index in [0.29, 0.717) is 12.0 Å². The Morgan fingerprint density at radius 1 is 1.03 bits per heavy atom. The lowest BCUT2D eigenvalue weighted by molar-refractivity contribution is -0.117. The highest BCUT2D eigenvalue weighted by Gasteiger charge is 2.51. The zero-order chi connectivity index (χ0) is 27.1. The number of nitrogens with one attached hydrogen (secondary N) is 1. The van der Waals surface area contributed by atoms with Gasteiger partial charge in [-0.15, -0.1) is 0 Å². The van der Waals surface area contributed by atoms with Crippen molar-refractivity contribution >= 4 is 12.0 Å². The lowest BCUT2D eigenvalue weighted by Crippen LogP contribution is -2.48. The third-order valence-electron chi connectivity index (χ3n) is 9.52. The highest BCUT2D eigenvalue weighted by molar-refractivity contribution is 6.01. The van der Waals surface area contributed by atoms with Crippen molar-refractivity contribution in [3.05, 3.63) is 88.2 Å². The van der Waals surface area contributed by atoms with E-state index in [1.54, 1.807) is 13.2 Å². The summed E-state index contributed by atoms with van der Waals surface area (Å²) in [6.07, 6.45) is 10.2. The molecule has 4 saturated carbocycles. The van der Waals surface area contributed by atoms with Crippen LogP contribution in [0.15, 0.2) is 60.2 Å². The van der Waals surface area contributed by atoms with Crippen molar-refractivity contribution in [3.8, 4) is 17.5 Å². The van der Waals surface area contributed by atoms with Gasteiger partial charge in [-0.3, -0.25) is 4.79 Å². The molecule has 3 aromatic rings. The molecule has 7 rings (SSSR count). The number of hydrogen-bond donors (Lipinski definition) is 1. The van der Waals surface area contributed by atoms with Crippen molar-refractivity contribution in [1.29, 1.82) is 5.26 Å². The maximum absolute atomic E-state index is 12.8. The van der Waals surface area contributed by atoms with Crippen LogP contribution >= 0.6 is 0 Å². The van der Waals surface area contributed by atoms with Crippen LogP contribution in [0.4, 0.5) is 0 Å². The van der Waals surface area contributed by atoms with Crippen molar-refractivity contribution in [2.75, 3.05) is 7.11 Å². The van der Waals surface area contributed by atoms with Gasteiger partial charge < -0.3 is 14.6 Å². The van der Waals surface area contributed by atoms with Crippen LogP contribution < -0.4 is 10.1 Å². The summed E-state index contributed by atoms with van der Waals surface area (Å²) >= 11 is 0. The lowest BCUT2D eigenvalue weighted by Gasteiger charge is -2.57. The first-order valence-corrected chi connectivity index (χ1v) is 14.2. The lowest BCUT2D eigenvalue weighted by atomic mass is 9.48. The minimum Gasteiger partial charge on any atom is -0.497 e. The number of rotatable bonds is 7. The second-order valence-electron chi connectivity index (χ2n) is 12.1. The second-order valence-corrected chi connectivity index (χ2v) is 12.1. The van der Waals surface area contributed by atoms with E-state index < -0.39 is 0 Å². The zero-order valence-corrected chi connectivity index (χ0v) is 23.2. The van der Waals surface area contributed by atoms with Gasteiger partial charge in [-0.1, -0.05) is 24.3 Å². The Morgan fingerprint density at radius 3 is 2.21 bits per heavy atom. The van der Waals surface area contributed by atoms with Crippen LogP contribution in [0, 0.1) is 42.9 Å². The Hall–Kier alpha value is -3.78. The number of carbonyl (C=O) groups excluding carboxylic acids is 1. The number of aryl methyl sites for hydroxylation is 1. The van der Waals surface area contributed by atoms with E-state index in [-0.39, 0.29) is 11.5 Å². The third kappa shape index (κ3) is 4.78. The van der Waals surface area contributed by atoms with Crippen LogP contribution in [0.25, 0.3) is 11.8 Å². The summed E-state index contributed by atoms with van der Waals surface area (Å²) in [6, 6.07) is 20.9. The molecule has 0 saturated heterocycles. The smallest absolute Gasteiger partial charge is 0.262 e. The Morgan fingerprint density at radius 2 is 1.64 bits per heavy atom. The summed E-state index contributed by atoms with van der Waals surface area (Å²) < 4.78 is 7.41. The highest BCUT2D eigenvalue weighted by atomic mass is 16.5. The van der Waals surface area contributed by atoms with Gasteiger partial charge in [0.25, 0.3) is 5.91 Å². The number of ether oxygens (including phenoxy) is 1. The fourth-order valence-corrected chi connectivity index (χ4v) is 8.08. The molecular weight excluding hydrogens is 482 g/mol. The van der Waals surface area contributed by atoms with Gasteiger partial charge in [0.05, 0.1) is 7.11 Å². The van der Waals surface area contributed by atoms with Crippen LogP contribution in [0.5, 0.6) is 5.75 Å². The minimum absolute atomic E-state index is 0.0981. The molecule has 4 fully saturated rings. The summed E-state index contributed by atoms with van der Waals surface area (Å²) in [5.74, 6) is 3.18. The monoisotopic (exact) mass is 519 g/mol. The average Bonchev–Trinajstić information content (AvgIpc) is 3.22. The topological polar surface area (TPSA) is 67.0 Å². The Kier molecular flexibility index (Phi) is 6.59. The molecule has 39 heavy (non-hydrogen) atoms. The van der Waals surface area contributed by atoms with E-state index in [0.717, 1.165) is 51.7 Å². The number of nitrogens with zero attached hydrogens (tertiary/aromatic N) is 2. The van der Waals surface area contributed by atoms with Gasteiger partial charge in [-0.05, 0) is 129 Å². The molecule has 0 radical (unpaired) electrons. The molecule has 5 heteroatoms. The third-order valence-corrected chi connectivity index (χ3v) is 9.52. The molecule has 1 amide bonds. The standard InChI is InChI=1S/C34H37N3O2/c1-22-12-28(16-29(20-35)33(38)36-21-24-4-10-32(39-3)11-5-24)23(2)37(22)31-8-6-30(7-9-31)34-17-25-13-26(18-34)15-27(14-25)19-34/h4-12,16,25-27H,13-15,17-19,21H2,1-3H3,(H,36,38)/b29-16-. The van der Waals surface area contributed by atoms with E-state index in [2.05, 4.69) is 60.1 Å². The van der Waals surface area contributed by atoms with E-state index in [1.807, 2.05) is 24.3 Å².